The molecule has 0 spiro atoms. The number of ether oxygens (including phenoxy) is 1. The van der Waals surface area contributed by atoms with E-state index in [9.17, 15) is 4.79 Å². The standard InChI is InChI=1S/C17H19NO3/c1-12-3-8-16(13(2)9-12)18-17(20)11-21-15-6-4-14(10-19)5-7-15/h3-9,19H,10-11H2,1-2H3,(H,18,20). The number of rotatable bonds is 5. The molecular weight excluding hydrogens is 266 g/mol. The van der Waals surface area contributed by atoms with Crippen LogP contribution in [0.5, 0.6) is 5.75 Å². The molecule has 0 fully saturated rings. The van der Waals surface area contributed by atoms with Gasteiger partial charge in [-0.05, 0) is 43.2 Å². The quantitative estimate of drug-likeness (QED) is 0.888. The molecule has 21 heavy (non-hydrogen) atoms. The molecule has 0 aliphatic rings. The number of aryl methyl sites for hydroxylation is 2. The first kappa shape index (κ1) is 15.1. The molecule has 0 radical (unpaired) electrons. The second kappa shape index (κ2) is 6.90. The molecule has 0 saturated carbocycles. The number of nitrogens with one attached hydrogen (secondary N) is 1. The van der Waals surface area contributed by atoms with Crippen LogP contribution in [0, 0.1) is 13.8 Å². The van der Waals surface area contributed by atoms with Gasteiger partial charge in [-0.3, -0.25) is 4.79 Å². The normalized spacial score (nSPS) is 10.2. The highest BCUT2D eigenvalue weighted by Gasteiger charge is 2.06. The Morgan fingerprint density at radius 1 is 1.14 bits per heavy atom. The zero-order chi connectivity index (χ0) is 15.2. The maximum Gasteiger partial charge on any atom is 0.262 e. The Hall–Kier alpha value is -2.33. The molecule has 2 aromatic rings. The molecule has 1 amide bonds. The fraction of sp³-hybridized carbons (Fsp3) is 0.235. The van der Waals surface area contributed by atoms with Gasteiger partial charge in [-0.1, -0.05) is 29.8 Å². The Morgan fingerprint density at radius 3 is 2.48 bits per heavy atom. The smallest absolute Gasteiger partial charge is 0.262 e. The molecule has 0 heterocycles. The summed E-state index contributed by atoms with van der Waals surface area (Å²) in [4.78, 5) is 11.9. The zero-order valence-corrected chi connectivity index (χ0v) is 12.2. The molecule has 110 valence electrons. The molecule has 0 bridgehead atoms. The summed E-state index contributed by atoms with van der Waals surface area (Å²) in [5.74, 6) is 0.399. The van der Waals surface area contributed by atoms with Crippen LogP contribution in [-0.4, -0.2) is 17.6 Å². The van der Waals surface area contributed by atoms with E-state index in [1.54, 1.807) is 24.3 Å². The number of aliphatic hydroxyl groups excluding tert-OH is 1. The van der Waals surface area contributed by atoms with Crippen LogP contribution in [0.15, 0.2) is 42.5 Å². The highest BCUT2D eigenvalue weighted by Crippen LogP contribution is 2.16. The summed E-state index contributed by atoms with van der Waals surface area (Å²) < 4.78 is 5.41. The van der Waals surface area contributed by atoms with Gasteiger partial charge < -0.3 is 15.2 Å². The van der Waals surface area contributed by atoms with E-state index >= 15 is 0 Å². The van der Waals surface area contributed by atoms with E-state index in [-0.39, 0.29) is 19.1 Å². The van der Waals surface area contributed by atoms with Crippen molar-refractivity contribution in [3.05, 3.63) is 59.2 Å². The number of carbonyl (C=O) groups excluding carboxylic acids is 1. The van der Waals surface area contributed by atoms with Gasteiger partial charge in [0.15, 0.2) is 6.61 Å². The minimum atomic E-state index is -0.201. The van der Waals surface area contributed by atoms with E-state index in [4.69, 9.17) is 9.84 Å². The van der Waals surface area contributed by atoms with Crippen molar-refractivity contribution in [2.75, 3.05) is 11.9 Å². The molecule has 4 nitrogen and oxygen atoms in total. The van der Waals surface area contributed by atoms with Gasteiger partial charge in [0.25, 0.3) is 5.91 Å². The van der Waals surface area contributed by atoms with Crippen LogP contribution in [0.4, 0.5) is 5.69 Å². The van der Waals surface area contributed by atoms with E-state index in [1.807, 2.05) is 32.0 Å². The third kappa shape index (κ3) is 4.33. The average molecular weight is 285 g/mol. The number of anilines is 1. The summed E-state index contributed by atoms with van der Waals surface area (Å²) in [5, 5.41) is 11.8. The van der Waals surface area contributed by atoms with Crippen molar-refractivity contribution < 1.29 is 14.6 Å². The number of hydrogen-bond acceptors (Lipinski definition) is 3. The molecule has 0 aromatic heterocycles. The average Bonchev–Trinajstić information content (AvgIpc) is 2.48. The molecule has 0 aliphatic carbocycles. The van der Waals surface area contributed by atoms with Crippen LogP contribution < -0.4 is 10.1 Å². The first-order valence-corrected chi connectivity index (χ1v) is 6.78. The van der Waals surface area contributed by atoms with Crippen molar-refractivity contribution in [2.24, 2.45) is 0 Å². The van der Waals surface area contributed by atoms with Crippen LogP contribution in [-0.2, 0) is 11.4 Å². The lowest BCUT2D eigenvalue weighted by Crippen LogP contribution is -2.20. The minimum absolute atomic E-state index is 0.00648. The van der Waals surface area contributed by atoms with Gasteiger partial charge in [0.2, 0.25) is 0 Å². The van der Waals surface area contributed by atoms with E-state index in [0.717, 1.165) is 22.4 Å². The van der Waals surface area contributed by atoms with Crippen LogP contribution in [0.25, 0.3) is 0 Å². The number of amides is 1. The number of hydrogen-bond donors (Lipinski definition) is 2. The third-order valence-electron chi connectivity index (χ3n) is 3.13. The second-order valence-corrected chi connectivity index (χ2v) is 4.96. The van der Waals surface area contributed by atoms with Gasteiger partial charge >= 0.3 is 0 Å². The summed E-state index contributed by atoms with van der Waals surface area (Å²) in [5.41, 5.74) is 3.79. The van der Waals surface area contributed by atoms with Crippen molar-refractivity contribution >= 4 is 11.6 Å². The molecule has 2 rings (SSSR count). The molecule has 0 atom stereocenters. The van der Waals surface area contributed by atoms with Crippen molar-refractivity contribution in [3.63, 3.8) is 0 Å². The Balaban J connectivity index is 1.89. The molecule has 4 heteroatoms. The molecule has 2 aromatic carbocycles. The molecule has 0 saturated heterocycles. The van der Waals surface area contributed by atoms with E-state index in [1.165, 1.54) is 0 Å². The van der Waals surface area contributed by atoms with Gasteiger partial charge in [-0.2, -0.15) is 0 Å². The van der Waals surface area contributed by atoms with E-state index in [0.29, 0.717) is 5.75 Å². The van der Waals surface area contributed by atoms with Gasteiger partial charge in [-0.25, -0.2) is 0 Å². The Kier molecular flexibility index (Phi) is 4.95. The van der Waals surface area contributed by atoms with Crippen LogP contribution in [0.3, 0.4) is 0 Å². The molecular formula is C17H19NO3. The number of carbonyl (C=O) groups is 1. The monoisotopic (exact) mass is 285 g/mol. The van der Waals surface area contributed by atoms with E-state index in [2.05, 4.69) is 5.32 Å². The van der Waals surface area contributed by atoms with Gasteiger partial charge in [0.1, 0.15) is 5.75 Å². The second-order valence-electron chi connectivity index (χ2n) is 4.96. The summed E-state index contributed by atoms with van der Waals surface area (Å²) in [6.07, 6.45) is 0. The number of aliphatic hydroxyl groups is 1. The van der Waals surface area contributed by atoms with Gasteiger partial charge in [0.05, 0.1) is 6.61 Å². The van der Waals surface area contributed by atoms with Gasteiger partial charge in [0, 0.05) is 5.69 Å². The molecule has 0 aliphatic heterocycles. The lowest BCUT2D eigenvalue weighted by Gasteiger charge is -2.10. The third-order valence-corrected chi connectivity index (χ3v) is 3.13. The summed E-state index contributed by atoms with van der Waals surface area (Å²) >= 11 is 0. The van der Waals surface area contributed by atoms with Crippen molar-refractivity contribution in [3.8, 4) is 5.75 Å². The maximum absolute atomic E-state index is 11.9. The first-order valence-electron chi connectivity index (χ1n) is 6.78. The highest BCUT2D eigenvalue weighted by molar-refractivity contribution is 5.92. The number of benzene rings is 2. The molecule has 2 N–H and O–H groups in total. The Morgan fingerprint density at radius 2 is 1.86 bits per heavy atom. The van der Waals surface area contributed by atoms with Crippen molar-refractivity contribution in [1.82, 2.24) is 0 Å². The van der Waals surface area contributed by atoms with Crippen LogP contribution in [0.1, 0.15) is 16.7 Å². The van der Waals surface area contributed by atoms with Crippen molar-refractivity contribution in [2.45, 2.75) is 20.5 Å². The predicted octanol–water partition coefficient (Wildman–Crippen LogP) is 2.81. The lowest BCUT2D eigenvalue weighted by atomic mass is 10.1. The fourth-order valence-electron chi connectivity index (χ4n) is 1.98. The topological polar surface area (TPSA) is 58.6 Å². The lowest BCUT2D eigenvalue weighted by molar-refractivity contribution is -0.118. The largest absolute Gasteiger partial charge is 0.484 e. The summed E-state index contributed by atoms with van der Waals surface area (Å²) in [7, 11) is 0. The maximum atomic E-state index is 11.9. The predicted molar refractivity (Wildman–Crippen MR) is 82.4 cm³/mol. The first-order chi connectivity index (χ1) is 10.1. The van der Waals surface area contributed by atoms with Crippen LogP contribution >= 0.6 is 0 Å². The SMILES string of the molecule is Cc1ccc(NC(=O)COc2ccc(CO)cc2)c(C)c1. The van der Waals surface area contributed by atoms with Crippen LogP contribution in [0.2, 0.25) is 0 Å². The minimum Gasteiger partial charge on any atom is -0.484 e. The van der Waals surface area contributed by atoms with E-state index < -0.39 is 0 Å². The molecule has 0 unspecified atom stereocenters. The van der Waals surface area contributed by atoms with Gasteiger partial charge in [-0.15, -0.1) is 0 Å². The zero-order valence-electron chi connectivity index (χ0n) is 12.2. The Labute approximate surface area is 124 Å². The Bertz CT molecular complexity index is 620. The fourth-order valence-corrected chi connectivity index (χ4v) is 1.98. The summed E-state index contributed by atoms with van der Waals surface area (Å²) in [6, 6.07) is 12.8. The highest BCUT2D eigenvalue weighted by atomic mass is 16.5. The summed E-state index contributed by atoms with van der Waals surface area (Å²) in [6.45, 7) is 3.91. The van der Waals surface area contributed by atoms with Crippen molar-refractivity contribution in [1.29, 1.82) is 0 Å².